The first-order valence-corrected chi connectivity index (χ1v) is 11.9. The topological polar surface area (TPSA) is 99.9 Å². The summed E-state index contributed by atoms with van der Waals surface area (Å²) in [6.45, 7) is 5.43. The molecule has 1 spiro atoms. The number of nitrogens with zero attached hydrogens (tertiary/aromatic N) is 3. The second-order valence-corrected chi connectivity index (χ2v) is 10.0. The van der Waals surface area contributed by atoms with E-state index in [1.165, 1.54) is 23.8 Å². The van der Waals surface area contributed by atoms with Crippen molar-refractivity contribution in [1.29, 1.82) is 0 Å². The molecule has 1 fully saturated rings. The number of pyridine rings is 1. The predicted molar refractivity (Wildman–Crippen MR) is 127 cm³/mol. The lowest BCUT2D eigenvalue weighted by atomic mass is 9.69. The largest absolute Gasteiger partial charge is 0.503 e. The molecule has 0 radical (unpaired) electrons. The van der Waals surface area contributed by atoms with Crippen molar-refractivity contribution in [2.45, 2.75) is 64.1 Å². The highest BCUT2D eigenvalue weighted by atomic mass is 19.1. The molecule has 1 N–H and O–H groups in total. The minimum atomic E-state index is -0.961. The summed E-state index contributed by atoms with van der Waals surface area (Å²) < 4.78 is 28.7. The van der Waals surface area contributed by atoms with Gasteiger partial charge in [-0.15, -0.1) is 0 Å². The number of hydrogen-bond donors (Lipinski definition) is 1. The van der Waals surface area contributed by atoms with Crippen molar-refractivity contribution in [2.75, 3.05) is 13.6 Å². The Bertz CT molecular complexity index is 1310. The second kappa shape index (κ2) is 9.15. The van der Waals surface area contributed by atoms with E-state index in [4.69, 9.17) is 0 Å². The third kappa shape index (κ3) is 4.18. The molecular weight excluding hydrogens is 472 g/mol. The third-order valence-corrected chi connectivity index (χ3v) is 7.46. The molecule has 0 saturated heterocycles. The van der Waals surface area contributed by atoms with Crippen LogP contribution in [0.3, 0.4) is 0 Å². The van der Waals surface area contributed by atoms with E-state index in [0.29, 0.717) is 19.4 Å². The highest BCUT2D eigenvalue weighted by molar-refractivity contribution is 6.00. The number of rotatable bonds is 6. The Hall–Kier alpha value is -3.56. The van der Waals surface area contributed by atoms with E-state index in [1.54, 1.807) is 16.8 Å². The van der Waals surface area contributed by atoms with Gasteiger partial charge in [-0.2, -0.15) is 0 Å². The van der Waals surface area contributed by atoms with Crippen LogP contribution in [0, 0.1) is 11.6 Å². The number of halogens is 2. The fraction of sp³-hybridized carbons (Fsp3) is 0.462. The molecule has 8 nitrogen and oxygen atoms in total. The molecule has 1 aromatic carbocycles. The molecule has 4 rings (SSSR count). The first-order chi connectivity index (χ1) is 16.9. The SMILES string of the molecule is CC(=O)N(C)C1CC2(C1)CN(C(C)C)C(=O)c1c(O)c(=O)c(C(=O)CCc3ccc(F)cc3F)cn12. The molecule has 36 heavy (non-hydrogen) atoms. The van der Waals surface area contributed by atoms with Gasteiger partial charge in [0.05, 0.1) is 11.1 Å². The highest BCUT2D eigenvalue weighted by Crippen LogP contribution is 2.47. The van der Waals surface area contributed by atoms with Crippen LogP contribution in [-0.4, -0.2) is 62.7 Å². The molecule has 1 aliphatic heterocycles. The van der Waals surface area contributed by atoms with E-state index in [9.17, 15) is 33.1 Å². The van der Waals surface area contributed by atoms with Gasteiger partial charge in [0.2, 0.25) is 11.3 Å². The minimum absolute atomic E-state index is 0.0659. The maximum Gasteiger partial charge on any atom is 0.274 e. The first-order valence-electron chi connectivity index (χ1n) is 11.9. The quantitative estimate of drug-likeness (QED) is 0.614. The summed E-state index contributed by atoms with van der Waals surface area (Å²) in [5.74, 6) is -3.57. The van der Waals surface area contributed by atoms with Crippen LogP contribution in [0.15, 0.2) is 29.2 Å². The molecular formula is C26H29F2N3O5. The lowest BCUT2D eigenvalue weighted by Crippen LogP contribution is -2.65. The summed E-state index contributed by atoms with van der Waals surface area (Å²) in [7, 11) is 1.70. The number of hydrogen-bond acceptors (Lipinski definition) is 5. The summed E-state index contributed by atoms with van der Waals surface area (Å²) in [6.07, 6.45) is 1.96. The summed E-state index contributed by atoms with van der Waals surface area (Å²) in [4.78, 5) is 54.3. The van der Waals surface area contributed by atoms with Gasteiger partial charge >= 0.3 is 0 Å². The van der Waals surface area contributed by atoms with Crippen LogP contribution in [0.5, 0.6) is 5.75 Å². The number of benzene rings is 1. The Kier molecular flexibility index (Phi) is 6.49. The monoisotopic (exact) mass is 501 g/mol. The average Bonchev–Trinajstić information content (AvgIpc) is 2.78. The van der Waals surface area contributed by atoms with Crippen LogP contribution < -0.4 is 5.43 Å². The molecule has 2 aromatic rings. The lowest BCUT2D eigenvalue weighted by molar-refractivity contribution is -0.134. The number of aryl methyl sites for hydroxylation is 1. The molecule has 2 heterocycles. The summed E-state index contributed by atoms with van der Waals surface area (Å²) in [6, 6.07) is 2.75. The average molecular weight is 502 g/mol. The van der Waals surface area contributed by atoms with Crippen molar-refractivity contribution in [3.63, 3.8) is 0 Å². The van der Waals surface area contributed by atoms with Crippen LogP contribution in [0.4, 0.5) is 8.78 Å². The normalized spacial score (nSPS) is 20.9. The van der Waals surface area contributed by atoms with Gasteiger partial charge in [-0.25, -0.2) is 8.78 Å². The zero-order chi connectivity index (χ0) is 26.5. The molecule has 2 aliphatic rings. The summed E-state index contributed by atoms with van der Waals surface area (Å²) >= 11 is 0. The number of aromatic nitrogens is 1. The molecule has 0 unspecified atom stereocenters. The molecule has 2 amide bonds. The van der Waals surface area contributed by atoms with Gasteiger partial charge in [-0.1, -0.05) is 6.07 Å². The van der Waals surface area contributed by atoms with Gasteiger partial charge in [0.1, 0.15) is 11.6 Å². The zero-order valence-corrected chi connectivity index (χ0v) is 20.7. The number of aromatic hydroxyl groups is 1. The fourth-order valence-electron chi connectivity index (χ4n) is 5.18. The molecule has 1 saturated carbocycles. The van der Waals surface area contributed by atoms with E-state index in [-0.39, 0.29) is 47.7 Å². The molecule has 1 aliphatic carbocycles. The molecule has 1 aromatic heterocycles. The number of carbonyl (C=O) groups is 3. The maximum absolute atomic E-state index is 14.0. The van der Waals surface area contributed by atoms with E-state index >= 15 is 0 Å². The van der Waals surface area contributed by atoms with Crippen LogP contribution in [0.2, 0.25) is 0 Å². The van der Waals surface area contributed by atoms with E-state index in [0.717, 1.165) is 12.1 Å². The number of Topliss-reactive ketones (excluding diaryl/α,β-unsaturated/α-hetero) is 1. The molecule has 10 heteroatoms. The Morgan fingerprint density at radius 2 is 1.89 bits per heavy atom. The molecule has 0 bridgehead atoms. The van der Waals surface area contributed by atoms with Crippen LogP contribution in [0.25, 0.3) is 0 Å². The van der Waals surface area contributed by atoms with Crippen molar-refractivity contribution in [2.24, 2.45) is 0 Å². The van der Waals surface area contributed by atoms with E-state index in [1.807, 2.05) is 13.8 Å². The van der Waals surface area contributed by atoms with Gasteiger partial charge in [0, 0.05) is 51.3 Å². The standard InChI is InChI=1S/C26H29F2N3O5/c1-14(2)30-13-26(10-18(11-26)29(4)15(3)32)31-12-19(23(34)24(35)22(31)25(30)36)21(33)8-6-16-5-7-17(27)9-20(16)28/h5,7,9,12,14,18,35H,6,8,10-11,13H2,1-4H3. The maximum atomic E-state index is 14.0. The zero-order valence-electron chi connectivity index (χ0n) is 20.7. The number of ketones is 1. The number of amides is 2. The van der Waals surface area contributed by atoms with Gasteiger partial charge in [0.25, 0.3) is 5.91 Å². The Morgan fingerprint density at radius 1 is 1.22 bits per heavy atom. The van der Waals surface area contributed by atoms with Crippen LogP contribution >= 0.6 is 0 Å². The fourth-order valence-corrected chi connectivity index (χ4v) is 5.18. The van der Waals surface area contributed by atoms with Crippen molar-refractivity contribution >= 4 is 17.6 Å². The number of carbonyl (C=O) groups excluding carboxylic acids is 3. The minimum Gasteiger partial charge on any atom is -0.503 e. The third-order valence-electron chi connectivity index (χ3n) is 7.46. The van der Waals surface area contributed by atoms with E-state index in [2.05, 4.69) is 0 Å². The van der Waals surface area contributed by atoms with Gasteiger partial charge in [0.15, 0.2) is 17.2 Å². The van der Waals surface area contributed by atoms with Gasteiger partial charge in [-0.3, -0.25) is 19.2 Å². The Labute approximate surface area is 207 Å². The van der Waals surface area contributed by atoms with Crippen molar-refractivity contribution < 1.29 is 28.3 Å². The molecule has 192 valence electrons. The number of fused-ring (bicyclic) bond motifs is 2. The highest BCUT2D eigenvalue weighted by Gasteiger charge is 2.54. The second-order valence-electron chi connectivity index (χ2n) is 10.0. The van der Waals surface area contributed by atoms with Crippen LogP contribution in [0.1, 0.15) is 66.4 Å². The van der Waals surface area contributed by atoms with Gasteiger partial charge in [-0.05, 0) is 44.7 Å². The summed E-state index contributed by atoms with van der Waals surface area (Å²) in [5, 5.41) is 10.8. The van der Waals surface area contributed by atoms with E-state index < -0.39 is 40.0 Å². The van der Waals surface area contributed by atoms with Crippen molar-refractivity contribution in [3.05, 3.63) is 63.1 Å². The van der Waals surface area contributed by atoms with Gasteiger partial charge < -0.3 is 19.5 Å². The summed E-state index contributed by atoms with van der Waals surface area (Å²) in [5.41, 5.74) is -2.01. The smallest absolute Gasteiger partial charge is 0.274 e. The van der Waals surface area contributed by atoms with Crippen molar-refractivity contribution in [1.82, 2.24) is 14.4 Å². The lowest BCUT2D eigenvalue weighted by Gasteiger charge is -2.56. The predicted octanol–water partition coefficient (Wildman–Crippen LogP) is 2.85. The van der Waals surface area contributed by atoms with Crippen molar-refractivity contribution in [3.8, 4) is 5.75 Å². The van der Waals surface area contributed by atoms with Crippen LogP contribution in [-0.2, 0) is 16.8 Å². The Balaban J connectivity index is 1.72. The Morgan fingerprint density at radius 3 is 2.47 bits per heavy atom. The first kappa shape index (κ1) is 25.5. The molecule has 0 atom stereocenters.